The van der Waals surface area contributed by atoms with Gasteiger partial charge in [0.15, 0.2) is 0 Å². The first-order chi connectivity index (χ1) is 8.01. The van der Waals surface area contributed by atoms with Crippen LogP contribution in [0, 0.1) is 25.1 Å². The molecule has 2 N–H and O–H groups in total. The molecule has 0 radical (unpaired) electrons. The molecule has 0 aliphatic heterocycles. The van der Waals surface area contributed by atoms with Crippen LogP contribution in [0.3, 0.4) is 0 Å². The molecule has 0 saturated heterocycles. The lowest BCUT2D eigenvalue weighted by Gasteiger charge is -2.19. The molecule has 1 aromatic carbocycles. The van der Waals surface area contributed by atoms with E-state index in [2.05, 4.69) is 5.92 Å². The fourth-order valence-corrected chi connectivity index (χ4v) is 1.56. The normalized spacial score (nSPS) is 9.76. The molecular formula is C13H15FN2O. The molecular weight excluding hydrogens is 219 g/mol. The summed E-state index contributed by atoms with van der Waals surface area (Å²) in [4.78, 5) is 13.4. The first kappa shape index (κ1) is 13.0. The number of carbonyl (C=O) groups excluding carboxylic acids is 1. The van der Waals surface area contributed by atoms with Gasteiger partial charge in [-0.2, -0.15) is 0 Å². The molecule has 0 saturated carbocycles. The minimum atomic E-state index is -0.542. The number of terminal acetylenes is 1. The zero-order valence-electron chi connectivity index (χ0n) is 9.96. The van der Waals surface area contributed by atoms with Crippen molar-refractivity contribution in [2.24, 2.45) is 0 Å². The van der Waals surface area contributed by atoms with E-state index in [1.165, 1.54) is 17.0 Å². The van der Waals surface area contributed by atoms with Gasteiger partial charge in [-0.05, 0) is 31.5 Å². The standard InChI is InChI=1S/C13H15FN2O/c1-4-6-16(5-2)13(17)11-8-10(15)7-9(3)12(11)14/h1,7-8H,5-6,15H2,2-3H3. The van der Waals surface area contributed by atoms with Crippen molar-refractivity contribution >= 4 is 11.6 Å². The maximum atomic E-state index is 13.8. The van der Waals surface area contributed by atoms with Crippen molar-refractivity contribution < 1.29 is 9.18 Å². The predicted molar refractivity (Wildman–Crippen MR) is 66.0 cm³/mol. The Kier molecular flexibility index (Phi) is 4.11. The van der Waals surface area contributed by atoms with Crippen LogP contribution in [-0.4, -0.2) is 23.9 Å². The third kappa shape index (κ3) is 2.76. The van der Waals surface area contributed by atoms with Crippen LogP contribution in [0.2, 0.25) is 0 Å². The summed E-state index contributed by atoms with van der Waals surface area (Å²) in [5, 5.41) is 0. The average molecular weight is 234 g/mol. The maximum Gasteiger partial charge on any atom is 0.257 e. The van der Waals surface area contributed by atoms with Gasteiger partial charge in [-0.1, -0.05) is 5.92 Å². The van der Waals surface area contributed by atoms with Gasteiger partial charge in [0.25, 0.3) is 5.91 Å². The second kappa shape index (κ2) is 5.35. The number of aryl methyl sites for hydroxylation is 1. The molecule has 1 aromatic rings. The van der Waals surface area contributed by atoms with Gasteiger partial charge >= 0.3 is 0 Å². The lowest BCUT2D eigenvalue weighted by atomic mass is 10.1. The second-order valence-corrected chi connectivity index (χ2v) is 3.72. The van der Waals surface area contributed by atoms with E-state index in [0.29, 0.717) is 17.8 Å². The van der Waals surface area contributed by atoms with Crippen molar-refractivity contribution in [1.29, 1.82) is 0 Å². The van der Waals surface area contributed by atoms with Gasteiger partial charge in [0.1, 0.15) is 5.82 Å². The van der Waals surface area contributed by atoms with E-state index in [0.717, 1.165) is 0 Å². The fourth-order valence-electron chi connectivity index (χ4n) is 1.56. The summed E-state index contributed by atoms with van der Waals surface area (Å²) >= 11 is 0. The number of benzene rings is 1. The molecule has 0 fully saturated rings. The number of nitrogens with zero attached hydrogens (tertiary/aromatic N) is 1. The number of nitrogen functional groups attached to an aromatic ring is 1. The Morgan fingerprint density at radius 2 is 2.24 bits per heavy atom. The van der Waals surface area contributed by atoms with Gasteiger partial charge in [-0.3, -0.25) is 4.79 Å². The van der Waals surface area contributed by atoms with Crippen molar-refractivity contribution in [2.45, 2.75) is 13.8 Å². The van der Waals surface area contributed by atoms with Crippen molar-refractivity contribution in [3.8, 4) is 12.3 Å². The largest absolute Gasteiger partial charge is 0.399 e. The van der Waals surface area contributed by atoms with E-state index >= 15 is 0 Å². The zero-order valence-corrected chi connectivity index (χ0v) is 9.96. The maximum absolute atomic E-state index is 13.8. The van der Waals surface area contributed by atoms with Gasteiger partial charge in [0.05, 0.1) is 12.1 Å². The molecule has 0 spiro atoms. The highest BCUT2D eigenvalue weighted by molar-refractivity contribution is 5.95. The van der Waals surface area contributed by atoms with E-state index in [1.807, 2.05) is 0 Å². The molecule has 1 rings (SSSR count). The lowest BCUT2D eigenvalue weighted by Crippen LogP contribution is -2.32. The summed E-state index contributed by atoms with van der Waals surface area (Å²) in [7, 11) is 0. The highest BCUT2D eigenvalue weighted by atomic mass is 19.1. The molecule has 0 aliphatic rings. The molecule has 1 amide bonds. The highest BCUT2D eigenvalue weighted by Gasteiger charge is 2.19. The van der Waals surface area contributed by atoms with Crippen molar-refractivity contribution in [1.82, 2.24) is 4.90 Å². The van der Waals surface area contributed by atoms with Gasteiger partial charge in [0, 0.05) is 12.2 Å². The Morgan fingerprint density at radius 1 is 1.59 bits per heavy atom. The molecule has 0 unspecified atom stereocenters. The summed E-state index contributed by atoms with van der Waals surface area (Å²) in [5.74, 6) is 1.40. The van der Waals surface area contributed by atoms with Gasteiger partial charge in [0.2, 0.25) is 0 Å². The minimum absolute atomic E-state index is 0.0281. The number of halogens is 1. The highest BCUT2D eigenvalue weighted by Crippen LogP contribution is 2.18. The van der Waals surface area contributed by atoms with Crippen LogP contribution in [0.1, 0.15) is 22.8 Å². The fraction of sp³-hybridized carbons (Fsp3) is 0.308. The molecule has 4 heteroatoms. The molecule has 0 bridgehead atoms. The Bertz CT molecular complexity index is 477. The summed E-state index contributed by atoms with van der Waals surface area (Å²) in [6.07, 6.45) is 5.16. The Morgan fingerprint density at radius 3 is 2.76 bits per heavy atom. The molecule has 0 aromatic heterocycles. The number of hydrogen-bond donors (Lipinski definition) is 1. The van der Waals surface area contributed by atoms with Crippen LogP contribution in [-0.2, 0) is 0 Å². The first-order valence-corrected chi connectivity index (χ1v) is 5.29. The van der Waals surface area contributed by atoms with E-state index < -0.39 is 11.7 Å². The molecule has 90 valence electrons. The summed E-state index contributed by atoms with van der Waals surface area (Å²) < 4.78 is 13.8. The smallest absolute Gasteiger partial charge is 0.257 e. The van der Waals surface area contributed by atoms with E-state index in [-0.39, 0.29) is 12.1 Å². The quantitative estimate of drug-likeness (QED) is 0.640. The predicted octanol–water partition coefficient (Wildman–Crippen LogP) is 1.81. The summed E-state index contributed by atoms with van der Waals surface area (Å²) in [5.41, 5.74) is 6.29. The van der Waals surface area contributed by atoms with Crippen molar-refractivity contribution in [3.05, 3.63) is 29.1 Å². The average Bonchev–Trinajstić information content (AvgIpc) is 2.29. The van der Waals surface area contributed by atoms with Crippen molar-refractivity contribution in [2.75, 3.05) is 18.8 Å². The lowest BCUT2D eigenvalue weighted by molar-refractivity contribution is 0.0780. The van der Waals surface area contributed by atoms with Crippen LogP contribution >= 0.6 is 0 Å². The number of anilines is 1. The van der Waals surface area contributed by atoms with Crippen LogP contribution in [0.15, 0.2) is 12.1 Å². The number of rotatable bonds is 3. The molecule has 0 aliphatic carbocycles. The van der Waals surface area contributed by atoms with E-state index in [1.54, 1.807) is 13.8 Å². The Hall–Kier alpha value is -2.02. The monoisotopic (exact) mass is 234 g/mol. The van der Waals surface area contributed by atoms with E-state index in [9.17, 15) is 9.18 Å². The molecule has 3 nitrogen and oxygen atoms in total. The van der Waals surface area contributed by atoms with Crippen LogP contribution in [0.25, 0.3) is 0 Å². The Balaban J connectivity index is 3.16. The molecule has 0 atom stereocenters. The summed E-state index contributed by atoms with van der Waals surface area (Å²) in [6, 6.07) is 2.83. The zero-order chi connectivity index (χ0) is 13.0. The van der Waals surface area contributed by atoms with Gasteiger partial charge in [-0.25, -0.2) is 4.39 Å². The van der Waals surface area contributed by atoms with E-state index in [4.69, 9.17) is 12.2 Å². The number of hydrogen-bond acceptors (Lipinski definition) is 2. The number of amides is 1. The third-order valence-corrected chi connectivity index (χ3v) is 2.46. The van der Waals surface area contributed by atoms with Gasteiger partial charge < -0.3 is 10.6 Å². The molecule has 17 heavy (non-hydrogen) atoms. The van der Waals surface area contributed by atoms with Crippen LogP contribution < -0.4 is 5.73 Å². The number of nitrogens with two attached hydrogens (primary N) is 1. The third-order valence-electron chi connectivity index (χ3n) is 2.46. The molecule has 0 heterocycles. The van der Waals surface area contributed by atoms with Crippen molar-refractivity contribution in [3.63, 3.8) is 0 Å². The number of carbonyl (C=O) groups is 1. The van der Waals surface area contributed by atoms with Crippen LogP contribution in [0.5, 0.6) is 0 Å². The Labute approximate surface area is 100 Å². The van der Waals surface area contributed by atoms with Gasteiger partial charge in [-0.15, -0.1) is 6.42 Å². The second-order valence-electron chi connectivity index (χ2n) is 3.72. The summed E-state index contributed by atoms with van der Waals surface area (Å²) in [6.45, 7) is 3.94. The SMILES string of the molecule is C#CCN(CC)C(=O)c1cc(N)cc(C)c1F. The minimum Gasteiger partial charge on any atom is -0.399 e. The first-order valence-electron chi connectivity index (χ1n) is 5.29. The van der Waals surface area contributed by atoms with Crippen LogP contribution in [0.4, 0.5) is 10.1 Å². The topological polar surface area (TPSA) is 46.3 Å².